The summed E-state index contributed by atoms with van der Waals surface area (Å²) in [7, 11) is 1.35. The molecule has 5 nitrogen and oxygen atoms in total. The summed E-state index contributed by atoms with van der Waals surface area (Å²) in [6.45, 7) is 0. The number of carbonyl (C=O) groups is 2. The lowest BCUT2D eigenvalue weighted by Crippen LogP contribution is -2.55. The van der Waals surface area contributed by atoms with Gasteiger partial charge in [0.2, 0.25) is 5.91 Å². The van der Waals surface area contributed by atoms with Crippen molar-refractivity contribution in [3.05, 3.63) is 0 Å². The summed E-state index contributed by atoms with van der Waals surface area (Å²) in [6.07, 6.45) is 3.22. The van der Waals surface area contributed by atoms with Crippen molar-refractivity contribution in [2.45, 2.75) is 43.8 Å². The number of ether oxygens (including phenoxy) is 1. The van der Waals surface area contributed by atoms with E-state index in [0.29, 0.717) is 6.42 Å². The fraction of sp³-hybridized carbons (Fsp3) is 0.800. The number of hydrogen-bond acceptors (Lipinski definition) is 4. The Hall–Kier alpha value is -1.10. The Balaban J connectivity index is 2.17. The Morgan fingerprint density at radius 2 is 2.07 bits per heavy atom. The Bertz CT molecular complexity index is 292. The van der Waals surface area contributed by atoms with Gasteiger partial charge in [0, 0.05) is 6.04 Å². The SMILES string of the molecule is COC(=O)[C@@H]1CC[C@H]2CC[C@H](N)C(=O)N21. The number of rotatable bonds is 1. The minimum atomic E-state index is -0.438. The van der Waals surface area contributed by atoms with E-state index in [9.17, 15) is 9.59 Å². The Labute approximate surface area is 88.5 Å². The van der Waals surface area contributed by atoms with Crippen LogP contribution in [0.2, 0.25) is 0 Å². The summed E-state index contributed by atoms with van der Waals surface area (Å²) in [5.41, 5.74) is 5.69. The molecular weight excluding hydrogens is 196 g/mol. The van der Waals surface area contributed by atoms with E-state index >= 15 is 0 Å². The first kappa shape index (κ1) is 10.4. The highest BCUT2D eigenvalue weighted by atomic mass is 16.5. The van der Waals surface area contributed by atoms with Crippen LogP contribution in [0, 0.1) is 0 Å². The second-order valence-corrected chi connectivity index (χ2v) is 4.20. The first-order chi connectivity index (χ1) is 7.15. The molecule has 0 aromatic heterocycles. The smallest absolute Gasteiger partial charge is 0.328 e. The molecule has 3 atom stereocenters. The number of fused-ring (bicyclic) bond motifs is 1. The molecule has 0 aliphatic carbocycles. The molecule has 15 heavy (non-hydrogen) atoms. The van der Waals surface area contributed by atoms with Gasteiger partial charge in [-0.1, -0.05) is 0 Å². The van der Waals surface area contributed by atoms with Crippen LogP contribution in [0.1, 0.15) is 25.7 Å². The van der Waals surface area contributed by atoms with Crippen LogP contribution in [-0.4, -0.2) is 42.0 Å². The van der Waals surface area contributed by atoms with Gasteiger partial charge in [-0.3, -0.25) is 4.79 Å². The standard InChI is InChI=1S/C10H16N2O3/c1-15-10(14)8-5-3-6-2-4-7(11)9(13)12(6)8/h6-8H,2-5,11H2,1H3/t6-,7+,8+/m1/s1. The third-order valence-electron chi connectivity index (χ3n) is 3.36. The monoisotopic (exact) mass is 212 g/mol. The Morgan fingerprint density at radius 3 is 2.73 bits per heavy atom. The number of methoxy groups -OCH3 is 1. The molecular formula is C10H16N2O3. The largest absolute Gasteiger partial charge is 0.467 e. The van der Waals surface area contributed by atoms with Crippen molar-refractivity contribution in [1.29, 1.82) is 0 Å². The molecule has 5 heteroatoms. The third kappa shape index (κ3) is 1.61. The van der Waals surface area contributed by atoms with Gasteiger partial charge in [0.25, 0.3) is 0 Å². The van der Waals surface area contributed by atoms with Crippen LogP contribution in [0.25, 0.3) is 0 Å². The van der Waals surface area contributed by atoms with E-state index in [-0.39, 0.29) is 17.9 Å². The zero-order valence-corrected chi connectivity index (χ0v) is 8.81. The zero-order valence-electron chi connectivity index (χ0n) is 8.81. The van der Waals surface area contributed by atoms with Crippen molar-refractivity contribution in [2.24, 2.45) is 5.73 Å². The molecule has 2 rings (SSSR count). The van der Waals surface area contributed by atoms with Crippen LogP contribution >= 0.6 is 0 Å². The average molecular weight is 212 g/mol. The number of nitrogens with zero attached hydrogens (tertiary/aromatic N) is 1. The third-order valence-corrected chi connectivity index (χ3v) is 3.36. The highest BCUT2D eigenvalue weighted by molar-refractivity contribution is 5.89. The summed E-state index contributed by atoms with van der Waals surface area (Å²) in [6, 6.07) is -0.647. The highest BCUT2D eigenvalue weighted by Crippen LogP contribution is 2.32. The second kappa shape index (κ2) is 3.81. The number of nitrogens with two attached hydrogens (primary N) is 1. The number of carbonyl (C=O) groups excluding carboxylic acids is 2. The van der Waals surface area contributed by atoms with Gasteiger partial charge in [-0.15, -0.1) is 0 Å². The summed E-state index contributed by atoms with van der Waals surface area (Å²) < 4.78 is 4.69. The lowest BCUT2D eigenvalue weighted by Gasteiger charge is -2.35. The topological polar surface area (TPSA) is 72.6 Å². The lowest BCUT2D eigenvalue weighted by molar-refractivity contribution is -0.154. The maximum Gasteiger partial charge on any atom is 0.328 e. The van der Waals surface area contributed by atoms with E-state index < -0.39 is 12.1 Å². The van der Waals surface area contributed by atoms with E-state index in [1.807, 2.05) is 0 Å². The first-order valence-corrected chi connectivity index (χ1v) is 5.30. The van der Waals surface area contributed by atoms with Crippen LogP contribution in [0.3, 0.4) is 0 Å². The molecule has 1 amide bonds. The van der Waals surface area contributed by atoms with Gasteiger partial charge >= 0.3 is 5.97 Å². The van der Waals surface area contributed by atoms with Crippen LogP contribution < -0.4 is 5.73 Å². The molecule has 0 aromatic carbocycles. The molecule has 0 saturated carbocycles. The van der Waals surface area contributed by atoms with Crippen molar-refractivity contribution < 1.29 is 14.3 Å². The normalized spacial score (nSPS) is 35.2. The zero-order chi connectivity index (χ0) is 11.0. The molecule has 0 aromatic rings. The number of piperidine rings is 1. The van der Waals surface area contributed by atoms with E-state index in [1.54, 1.807) is 4.90 Å². The van der Waals surface area contributed by atoms with E-state index in [4.69, 9.17) is 10.5 Å². The van der Waals surface area contributed by atoms with Crippen LogP contribution in [0.5, 0.6) is 0 Å². The molecule has 0 radical (unpaired) electrons. The molecule has 2 aliphatic heterocycles. The Morgan fingerprint density at radius 1 is 1.40 bits per heavy atom. The minimum Gasteiger partial charge on any atom is -0.467 e. The summed E-state index contributed by atoms with van der Waals surface area (Å²) in [5, 5.41) is 0. The highest BCUT2D eigenvalue weighted by Gasteiger charge is 2.45. The maximum absolute atomic E-state index is 11.8. The number of amides is 1. The maximum atomic E-state index is 11.8. The van der Waals surface area contributed by atoms with Crippen molar-refractivity contribution in [3.63, 3.8) is 0 Å². The van der Waals surface area contributed by atoms with E-state index in [0.717, 1.165) is 19.3 Å². The van der Waals surface area contributed by atoms with Crippen molar-refractivity contribution in [1.82, 2.24) is 4.90 Å². The summed E-state index contributed by atoms with van der Waals surface area (Å²) >= 11 is 0. The number of esters is 1. The van der Waals surface area contributed by atoms with E-state index in [2.05, 4.69) is 0 Å². The fourth-order valence-corrected chi connectivity index (χ4v) is 2.55. The fourth-order valence-electron chi connectivity index (χ4n) is 2.55. The average Bonchev–Trinajstić information content (AvgIpc) is 2.67. The van der Waals surface area contributed by atoms with Gasteiger partial charge in [-0.2, -0.15) is 0 Å². The molecule has 2 N–H and O–H groups in total. The van der Waals surface area contributed by atoms with E-state index in [1.165, 1.54) is 7.11 Å². The molecule has 2 aliphatic rings. The van der Waals surface area contributed by atoms with Crippen LogP contribution in [0.4, 0.5) is 0 Å². The molecule has 0 unspecified atom stereocenters. The number of hydrogen-bond donors (Lipinski definition) is 1. The molecule has 0 bridgehead atoms. The lowest BCUT2D eigenvalue weighted by atomic mass is 9.99. The van der Waals surface area contributed by atoms with Crippen molar-refractivity contribution >= 4 is 11.9 Å². The molecule has 2 heterocycles. The molecule has 0 spiro atoms. The summed E-state index contributed by atoms with van der Waals surface area (Å²) in [4.78, 5) is 24.9. The summed E-state index contributed by atoms with van der Waals surface area (Å²) in [5.74, 6) is -0.417. The van der Waals surface area contributed by atoms with Gasteiger partial charge < -0.3 is 15.4 Å². The molecule has 2 saturated heterocycles. The minimum absolute atomic E-state index is 0.0980. The van der Waals surface area contributed by atoms with Gasteiger partial charge in [0.05, 0.1) is 13.2 Å². The molecule has 2 fully saturated rings. The van der Waals surface area contributed by atoms with Crippen LogP contribution in [-0.2, 0) is 14.3 Å². The quantitative estimate of drug-likeness (QED) is 0.602. The van der Waals surface area contributed by atoms with Gasteiger partial charge in [-0.25, -0.2) is 4.79 Å². The van der Waals surface area contributed by atoms with Crippen LogP contribution in [0.15, 0.2) is 0 Å². The second-order valence-electron chi connectivity index (χ2n) is 4.20. The van der Waals surface area contributed by atoms with Gasteiger partial charge in [0.1, 0.15) is 6.04 Å². The predicted molar refractivity (Wildman–Crippen MR) is 52.9 cm³/mol. The van der Waals surface area contributed by atoms with Crippen molar-refractivity contribution in [3.8, 4) is 0 Å². The van der Waals surface area contributed by atoms with Gasteiger partial charge in [0.15, 0.2) is 0 Å². The molecule has 84 valence electrons. The van der Waals surface area contributed by atoms with Gasteiger partial charge in [-0.05, 0) is 25.7 Å². The predicted octanol–water partition coefficient (Wildman–Crippen LogP) is -0.360. The Kier molecular flexibility index (Phi) is 2.65. The first-order valence-electron chi connectivity index (χ1n) is 5.30. The van der Waals surface area contributed by atoms with Crippen molar-refractivity contribution in [2.75, 3.05) is 7.11 Å².